The number of ether oxygens (including phenoxy) is 1. The van der Waals surface area contributed by atoms with Crippen LogP contribution in [0, 0.1) is 11.3 Å². The van der Waals surface area contributed by atoms with Crippen molar-refractivity contribution in [2.24, 2.45) is 0 Å². The minimum Gasteiger partial charge on any atom is -0.492 e. The molecule has 0 aliphatic rings. The molecule has 5 heteroatoms. The Morgan fingerprint density at radius 1 is 1.25 bits per heavy atom. The van der Waals surface area contributed by atoms with Crippen LogP contribution in [0.15, 0.2) is 24.3 Å². The number of nitrogens with zero attached hydrogens (tertiary/aromatic N) is 2. The Morgan fingerprint density at radius 2 is 1.92 bits per heavy atom. The zero-order chi connectivity index (χ0) is 17.8. The lowest BCUT2D eigenvalue weighted by Crippen LogP contribution is -2.28. The smallest absolute Gasteiger partial charge is 0.234 e. The molecular weight excluding hydrogens is 302 g/mol. The summed E-state index contributed by atoms with van der Waals surface area (Å²) in [6, 6.07) is 9.68. The van der Waals surface area contributed by atoms with Crippen LogP contribution in [0.4, 0.5) is 0 Å². The van der Waals surface area contributed by atoms with E-state index >= 15 is 0 Å². The summed E-state index contributed by atoms with van der Waals surface area (Å²) in [6.07, 6.45) is 1.70. The Balaban J connectivity index is 2.59. The molecule has 0 radical (unpaired) electrons. The molecule has 0 fully saturated rings. The van der Waals surface area contributed by atoms with Gasteiger partial charge in [-0.05, 0) is 37.2 Å². The van der Waals surface area contributed by atoms with Crippen molar-refractivity contribution in [3.63, 3.8) is 0 Å². The lowest BCUT2D eigenvalue weighted by Gasteiger charge is -2.19. The van der Waals surface area contributed by atoms with E-state index in [0.717, 1.165) is 43.8 Å². The molecule has 0 aromatic heterocycles. The molecule has 1 amide bonds. The molecule has 1 atom stereocenters. The van der Waals surface area contributed by atoms with Gasteiger partial charge in [0.1, 0.15) is 18.8 Å². The highest BCUT2D eigenvalue weighted by Gasteiger charge is 2.13. The molecule has 0 saturated carbocycles. The number of nitriles is 1. The van der Waals surface area contributed by atoms with E-state index in [9.17, 15) is 4.79 Å². The minimum atomic E-state index is -0.226. The summed E-state index contributed by atoms with van der Waals surface area (Å²) < 4.78 is 5.78. The van der Waals surface area contributed by atoms with Crippen molar-refractivity contribution in [2.45, 2.75) is 46.1 Å². The molecule has 0 aliphatic carbocycles. The molecule has 132 valence electrons. The summed E-state index contributed by atoms with van der Waals surface area (Å²) in [4.78, 5) is 14.0. The third kappa shape index (κ3) is 7.01. The summed E-state index contributed by atoms with van der Waals surface area (Å²) in [5.41, 5.74) is 1.04. The highest BCUT2D eigenvalue weighted by molar-refractivity contribution is 5.78. The highest BCUT2D eigenvalue weighted by Crippen LogP contribution is 2.21. The van der Waals surface area contributed by atoms with E-state index in [1.807, 2.05) is 30.3 Å². The van der Waals surface area contributed by atoms with Crippen molar-refractivity contribution < 1.29 is 9.53 Å². The van der Waals surface area contributed by atoms with E-state index in [1.54, 1.807) is 0 Å². The molecule has 1 rings (SSSR count). The Morgan fingerprint density at radius 3 is 2.46 bits per heavy atom. The largest absolute Gasteiger partial charge is 0.492 e. The number of hydrogen-bond donors (Lipinski definition) is 1. The topological polar surface area (TPSA) is 65.4 Å². The summed E-state index contributed by atoms with van der Waals surface area (Å²) in [5.74, 6) is 0.611. The maximum absolute atomic E-state index is 11.7. The van der Waals surface area contributed by atoms with Crippen LogP contribution in [0.1, 0.15) is 51.6 Å². The Bertz CT molecular complexity index is 518. The van der Waals surface area contributed by atoms with Crippen LogP contribution in [0.3, 0.4) is 0 Å². The summed E-state index contributed by atoms with van der Waals surface area (Å²) in [5, 5.41) is 11.5. The van der Waals surface area contributed by atoms with E-state index in [4.69, 9.17) is 10.00 Å². The summed E-state index contributed by atoms with van der Waals surface area (Å²) in [7, 11) is 0. The molecule has 0 aliphatic heterocycles. The van der Waals surface area contributed by atoms with Gasteiger partial charge in [-0.2, -0.15) is 5.26 Å². The predicted octanol–water partition coefficient (Wildman–Crippen LogP) is 3.28. The van der Waals surface area contributed by atoms with Gasteiger partial charge in [0, 0.05) is 6.54 Å². The van der Waals surface area contributed by atoms with E-state index in [-0.39, 0.29) is 18.4 Å². The van der Waals surface area contributed by atoms with E-state index < -0.39 is 0 Å². The van der Waals surface area contributed by atoms with Crippen molar-refractivity contribution in [2.75, 3.05) is 26.2 Å². The monoisotopic (exact) mass is 331 g/mol. The predicted molar refractivity (Wildman–Crippen MR) is 95.7 cm³/mol. The SMILES string of the molecule is CCCC(NC(=O)CC#N)c1ccc(OCCN(CC)CC)cc1. The van der Waals surface area contributed by atoms with Crippen molar-refractivity contribution >= 4 is 5.91 Å². The van der Waals surface area contributed by atoms with Gasteiger partial charge in [0.25, 0.3) is 0 Å². The zero-order valence-corrected chi connectivity index (χ0v) is 15.0. The highest BCUT2D eigenvalue weighted by atomic mass is 16.5. The average Bonchev–Trinajstić information content (AvgIpc) is 2.59. The van der Waals surface area contributed by atoms with Crippen LogP contribution in [0.5, 0.6) is 5.75 Å². The second kappa shape index (κ2) is 11.5. The number of nitrogens with one attached hydrogen (secondary N) is 1. The molecule has 24 heavy (non-hydrogen) atoms. The molecular formula is C19H29N3O2. The minimum absolute atomic E-state index is 0.0550. The van der Waals surface area contributed by atoms with Gasteiger partial charge in [-0.1, -0.05) is 39.3 Å². The van der Waals surface area contributed by atoms with Crippen molar-refractivity contribution in [3.8, 4) is 11.8 Å². The molecule has 1 unspecified atom stereocenters. The first kappa shape index (κ1) is 20.0. The van der Waals surface area contributed by atoms with Gasteiger partial charge < -0.3 is 15.0 Å². The van der Waals surface area contributed by atoms with E-state index in [0.29, 0.717) is 6.61 Å². The summed E-state index contributed by atoms with van der Waals surface area (Å²) in [6.45, 7) is 10.0. The molecule has 5 nitrogen and oxygen atoms in total. The Hall–Kier alpha value is -2.06. The normalized spacial score (nSPS) is 11.8. The number of likely N-dealkylation sites (N-methyl/N-ethyl adjacent to an activating group) is 1. The molecule has 0 saturated heterocycles. The van der Waals surface area contributed by atoms with E-state index in [2.05, 4.69) is 31.0 Å². The first-order valence-electron chi connectivity index (χ1n) is 8.75. The molecule has 1 aromatic rings. The molecule has 0 spiro atoms. The van der Waals surface area contributed by atoms with Gasteiger partial charge in [-0.25, -0.2) is 0 Å². The van der Waals surface area contributed by atoms with Crippen LogP contribution in [-0.4, -0.2) is 37.0 Å². The second-order valence-corrected chi connectivity index (χ2v) is 5.69. The number of benzene rings is 1. The third-order valence-electron chi connectivity index (χ3n) is 4.01. The summed E-state index contributed by atoms with van der Waals surface area (Å²) >= 11 is 0. The quantitative estimate of drug-likeness (QED) is 0.676. The first-order valence-corrected chi connectivity index (χ1v) is 8.75. The average molecular weight is 331 g/mol. The van der Waals surface area contributed by atoms with Gasteiger partial charge in [0.2, 0.25) is 5.91 Å². The van der Waals surface area contributed by atoms with Crippen molar-refractivity contribution in [1.29, 1.82) is 5.26 Å². The number of carbonyl (C=O) groups is 1. The maximum atomic E-state index is 11.7. The fourth-order valence-corrected chi connectivity index (χ4v) is 2.56. The van der Waals surface area contributed by atoms with Gasteiger partial charge in [-0.15, -0.1) is 0 Å². The molecule has 0 heterocycles. The Kier molecular flexibility index (Phi) is 9.55. The lowest BCUT2D eigenvalue weighted by molar-refractivity contribution is -0.120. The zero-order valence-electron chi connectivity index (χ0n) is 15.0. The van der Waals surface area contributed by atoms with Gasteiger partial charge in [-0.3, -0.25) is 4.79 Å². The van der Waals surface area contributed by atoms with Crippen LogP contribution in [0.2, 0.25) is 0 Å². The third-order valence-corrected chi connectivity index (χ3v) is 4.01. The van der Waals surface area contributed by atoms with Crippen LogP contribution >= 0.6 is 0 Å². The molecule has 1 N–H and O–H groups in total. The van der Waals surface area contributed by atoms with Gasteiger partial charge in [0.05, 0.1) is 12.1 Å². The Labute approximate surface area is 145 Å². The van der Waals surface area contributed by atoms with Crippen LogP contribution in [0.25, 0.3) is 0 Å². The molecule has 0 bridgehead atoms. The lowest BCUT2D eigenvalue weighted by atomic mass is 10.0. The number of hydrogen-bond acceptors (Lipinski definition) is 4. The van der Waals surface area contributed by atoms with Crippen molar-refractivity contribution in [1.82, 2.24) is 10.2 Å². The first-order chi connectivity index (χ1) is 11.6. The molecule has 1 aromatic carbocycles. The second-order valence-electron chi connectivity index (χ2n) is 5.69. The fourth-order valence-electron chi connectivity index (χ4n) is 2.56. The number of amides is 1. The standard InChI is InChI=1S/C19H29N3O2/c1-4-7-18(21-19(23)12-13-20)16-8-10-17(11-9-16)24-15-14-22(5-2)6-3/h8-11,18H,4-7,12,14-15H2,1-3H3,(H,21,23). The van der Waals surface area contributed by atoms with Crippen LogP contribution in [-0.2, 0) is 4.79 Å². The fraction of sp³-hybridized carbons (Fsp3) is 0.579. The van der Waals surface area contributed by atoms with Crippen LogP contribution < -0.4 is 10.1 Å². The number of rotatable bonds is 11. The van der Waals surface area contributed by atoms with Gasteiger partial charge >= 0.3 is 0 Å². The van der Waals surface area contributed by atoms with Crippen molar-refractivity contribution in [3.05, 3.63) is 29.8 Å². The maximum Gasteiger partial charge on any atom is 0.234 e. The number of carbonyl (C=O) groups excluding carboxylic acids is 1. The van der Waals surface area contributed by atoms with E-state index in [1.165, 1.54) is 0 Å². The van der Waals surface area contributed by atoms with Gasteiger partial charge in [0.15, 0.2) is 0 Å².